The zero-order valence-electron chi connectivity index (χ0n) is 9.89. The number of benzene rings is 1. The average molecular weight is 361 g/mol. The Bertz CT molecular complexity index is 521. The molecule has 2 aromatic rings. The van der Waals surface area contributed by atoms with Gasteiger partial charge in [-0.3, -0.25) is 0 Å². The monoisotopic (exact) mass is 359 g/mol. The molecule has 0 aliphatic rings. The van der Waals surface area contributed by atoms with Crippen LogP contribution in [0.15, 0.2) is 31.6 Å². The smallest absolute Gasteiger partial charge is 0.148 e. The molecular weight excluding hydrogens is 346 g/mol. The van der Waals surface area contributed by atoms with Gasteiger partial charge in [0, 0.05) is 9.86 Å². The van der Waals surface area contributed by atoms with Crippen LogP contribution in [0.2, 0.25) is 0 Å². The normalized spacial score (nSPS) is 13.2. The van der Waals surface area contributed by atoms with E-state index in [-0.39, 0.29) is 6.04 Å². The quantitative estimate of drug-likeness (QED) is 0.828. The van der Waals surface area contributed by atoms with Crippen molar-refractivity contribution in [1.82, 2.24) is 5.32 Å². The predicted octanol–water partition coefficient (Wildman–Crippen LogP) is 5.02. The highest BCUT2D eigenvalue weighted by Gasteiger charge is 2.13. The van der Waals surface area contributed by atoms with E-state index in [1.165, 1.54) is 0 Å². The Morgan fingerprint density at radius 2 is 2.06 bits per heavy atom. The Hall–Kier alpha value is -0.320. The fourth-order valence-electron chi connectivity index (χ4n) is 1.77. The zero-order valence-corrected chi connectivity index (χ0v) is 13.1. The molecule has 0 bridgehead atoms. The summed E-state index contributed by atoms with van der Waals surface area (Å²) in [6.07, 6.45) is 1.12. The van der Waals surface area contributed by atoms with E-state index in [1.54, 1.807) is 0 Å². The minimum atomic E-state index is 0.244. The van der Waals surface area contributed by atoms with E-state index in [0.717, 1.165) is 38.6 Å². The van der Waals surface area contributed by atoms with Crippen LogP contribution in [0, 0.1) is 0 Å². The lowest BCUT2D eigenvalue weighted by Crippen LogP contribution is -2.18. The second-order valence-corrected chi connectivity index (χ2v) is 5.90. The summed E-state index contributed by atoms with van der Waals surface area (Å²) >= 11 is 7.00. The van der Waals surface area contributed by atoms with E-state index < -0.39 is 0 Å². The van der Waals surface area contributed by atoms with Gasteiger partial charge in [-0.1, -0.05) is 22.9 Å². The van der Waals surface area contributed by atoms with Crippen LogP contribution in [0.25, 0.3) is 11.0 Å². The predicted molar refractivity (Wildman–Crippen MR) is 78.3 cm³/mol. The molecule has 0 amide bonds. The molecule has 0 saturated heterocycles. The Morgan fingerprint density at radius 3 is 2.76 bits per heavy atom. The van der Waals surface area contributed by atoms with Crippen molar-refractivity contribution < 1.29 is 4.42 Å². The molecule has 1 heterocycles. The highest BCUT2D eigenvalue weighted by molar-refractivity contribution is 9.11. The van der Waals surface area contributed by atoms with Gasteiger partial charge < -0.3 is 9.73 Å². The Morgan fingerprint density at radius 1 is 1.29 bits per heavy atom. The highest BCUT2D eigenvalue weighted by Crippen LogP contribution is 2.32. The van der Waals surface area contributed by atoms with Crippen LogP contribution in [-0.4, -0.2) is 6.54 Å². The maximum Gasteiger partial charge on any atom is 0.148 e. The lowest BCUT2D eigenvalue weighted by atomic mass is 10.2. The van der Waals surface area contributed by atoms with Gasteiger partial charge in [0.25, 0.3) is 0 Å². The Labute approximate surface area is 118 Å². The van der Waals surface area contributed by atoms with Crippen LogP contribution in [-0.2, 0) is 0 Å². The summed E-state index contributed by atoms with van der Waals surface area (Å²) in [5, 5.41) is 4.54. The fourth-order valence-corrected chi connectivity index (χ4v) is 3.11. The molecule has 0 aliphatic heterocycles. The van der Waals surface area contributed by atoms with Gasteiger partial charge in [-0.15, -0.1) is 0 Å². The summed E-state index contributed by atoms with van der Waals surface area (Å²) < 4.78 is 7.92. The van der Waals surface area contributed by atoms with Crippen LogP contribution in [0.4, 0.5) is 0 Å². The molecule has 0 spiro atoms. The first-order valence-corrected chi connectivity index (χ1v) is 7.32. The topological polar surface area (TPSA) is 25.2 Å². The van der Waals surface area contributed by atoms with Crippen molar-refractivity contribution >= 4 is 42.8 Å². The van der Waals surface area contributed by atoms with E-state index in [2.05, 4.69) is 63.2 Å². The molecule has 1 aromatic carbocycles. The third-order valence-corrected chi connectivity index (χ3v) is 3.73. The van der Waals surface area contributed by atoms with E-state index in [9.17, 15) is 0 Å². The van der Waals surface area contributed by atoms with Crippen molar-refractivity contribution in [3.8, 4) is 0 Å². The highest BCUT2D eigenvalue weighted by atomic mass is 79.9. The van der Waals surface area contributed by atoms with Gasteiger partial charge in [-0.2, -0.15) is 0 Å². The summed E-state index contributed by atoms with van der Waals surface area (Å²) in [5.74, 6) is 0.979. The minimum absolute atomic E-state index is 0.244. The molecular formula is C13H15Br2NO. The first-order chi connectivity index (χ1) is 8.11. The summed E-state index contributed by atoms with van der Waals surface area (Å²) in [4.78, 5) is 0. The van der Waals surface area contributed by atoms with Crippen LogP contribution in [0.1, 0.15) is 32.1 Å². The van der Waals surface area contributed by atoms with Crippen molar-refractivity contribution in [2.24, 2.45) is 0 Å². The number of rotatable bonds is 4. The first-order valence-electron chi connectivity index (χ1n) is 5.73. The fraction of sp³-hybridized carbons (Fsp3) is 0.385. The maximum atomic E-state index is 5.88. The molecule has 92 valence electrons. The Balaban J connectivity index is 2.34. The van der Waals surface area contributed by atoms with E-state index in [1.807, 2.05) is 6.07 Å². The van der Waals surface area contributed by atoms with Gasteiger partial charge in [0.2, 0.25) is 0 Å². The van der Waals surface area contributed by atoms with Crippen LogP contribution < -0.4 is 5.32 Å². The molecule has 1 aromatic heterocycles. The van der Waals surface area contributed by atoms with Crippen LogP contribution >= 0.6 is 31.9 Å². The summed E-state index contributed by atoms with van der Waals surface area (Å²) in [6.45, 7) is 5.28. The second-order valence-electron chi connectivity index (χ2n) is 4.13. The number of hydrogen-bond acceptors (Lipinski definition) is 2. The van der Waals surface area contributed by atoms with Crippen molar-refractivity contribution in [2.45, 2.75) is 26.3 Å². The van der Waals surface area contributed by atoms with Crippen LogP contribution in [0.5, 0.6) is 0 Å². The van der Waals surface area contributed by atoms with Gasteiger partial charge in [-0.05, 0) is 54.0 Å². The standard InChI is InChI=1S/C13H15Br2NO/c1-3-4-16-8(2)12-6-9-5-10(14)7-11(15)13(9)17-12/h5-8,16H,3-4H2,1-2H3. The van der Waals surface area contributed by atoms with Crippen molar-refractivity contribution in [3.05, 3.63) is 32.9 Å². The van der Waals surface area contributed by atoms with Gasteiger partial charge in [0.05, 0.1) is 10.5 Å². The van der Waals surface area contributed by atoms with Gasteiger partial charge in [0.1, 0.15) is 11.3 Å². The summed E-state index contributed by atoms with van der Waals surface area (Å²) in [6, 6.07) is 6.41. The van der Waals surface area contributed by atoms with Gasteiger partial charge >= 0.3 is 0 Å². The van der Waals surface area contributed by atoms with Crippen molar-refractivity contribution in [1.29, 1.82) is 0 Å². The van der Waals surface area contributed by atoms with Gasteiger partial charge in [-0.25, -0.2) is 0 Å². The molecule has 17 heavy (non-hydrogen) atoms. The number of nitrogens with one attached hydrogen (secondary N) is 1. The molecule has 4 heteroatoms. The molecule has 0 saturated carbocycles. The number of hydrogen-bond donors (Lipinski definition) is 1. The lowest BCUT2D eigenvalue weighted by Gasteiger charge is -2.09. The van der Waals surface area contributed by atoms with Crippen molar-refractivity contribution in [2.75, 3.05) is 6.54 Å². The molecule has 0 aliphatic carbocycles. The second kappa shape index (κ2) is 5.55. The summed E-state index contributed by atoms with van der Waals surface area (Å²) in [7, 11) is 0. The van der Waals surface area contributed by atoms with E-state index in [0.29, 0.717) is 0 Å². The molecule has 1 unspecified atom stereocenters. The molecule has 0 radical (unpaired) electrons. The zero-order chi connectivity index (χ0) is 12.4. The third-order valence-electron chi connectivity index (χ3n) is 2.68. The maximum absolute atomic E-state index is 5.88. The van der Waals surface area contributed by atoms with E-state index in [4.69, 9.17) is 4.42 Å². The number of fused-ring (bicyclic) bond motifs is 1. The van der Waals surface area contributed by atoms with Crippen molar-refractivity contribution in [3.63, 3.8) is 0 Å². The number of halogens is 2. The largest absolute Gasteiger partial charge is 0.458 e. The molecule has 1 atom stereocenters. The number of furan rings is 1. The Kier molecular flexibility index (Phi) is 4.28. The lowest BCUT2D eigenvalue weighted by molar-refractivity contribution is 0.451. The van der Waals surface area contributed by atoms with E-state index >= 15 is 0 Å². The molecule has 2 nitrogen and oxygen atoms in total. The van der Waals surface area contributed by atoms with Crippen LogP contribution in [0.3, 0.4) is 0 Å². The molecule has 1 N–H and O–H groups in total. The minimum Gasteiger partial charge on any atom is -0.458 e. The van der Waals surface area contributed by atoms with Gasteiger partial charge in [0.15, 0.2) is 0 Å². The summed E-state index contributed by atoms with van der Waals surface area (Å²) in [5.41, 5.74) is 0.911. The first kappa shape index (κ1) is 13.1. The average Bonchev–Trinajstić information content (AvgIpc) is 2.69. The third kappa shape index (κ3) is 2.92. The SMILES string of the molecule is CCCNC(C)c1cc2cc(Br)cc(Br)c2o1. The molecule has 2 rings (SSSR count). The molecule has 0 fully saturated rings.